The van der Waals surface area contributed by atoms with Gasteiger partial charge < -0.3 is 35.6 Å². The maximum absolute atomic E-state index is 15.0. The number of hydrogen-bond donors (Lipinski definition) is 5. The van der Waals surface area contributed by atoms with Crippen molar-refractivity contribution in [2.45, 2.75) is 36.6 Å². The van der Waals surface area contributed by atoms with Crippen LogP contribution in [-0.4, -0.2) is 88.4 Å². The number of aromatic nitrogens is 4. The zero-order valence-electron chi connectivity index (χ0n) is 17.8. The van der Waals surface area contributed by atoms with Crippen LogP contribution in [0.5, 0.6) is 0 Å². The van der Waals surface area contributed by atoms with Crippen molar-refractivity contribution < 1.29 is 48.7 Å². The summed E-state index contributed by atoms with van der Waals surface area (Å²) in [6.45, 7) is -0.836. The van der Waals surface area contributed by atoms with E-state index in [9.17, 15) is 29.7 Å². The molecule has 0 aromatic carbocycles. The number of aliphatic hydroxyl groups is 1. The van der Waals surface area contributed by atoms with Crippen molar-refractivity contribution in [2.75, 3.05) is 12.3 Å². The van der Waals surface area contributed by atoms with Gasteiger partial charge in [-0.1, -0.05) is 0 Å². The number of alkyl halides is 1. The van der Waals surface area contributed by atoms with Gasteiger partial charge in [0.2, 0.25) is 5.28 Å². The van der Waals surface area contributed by atoms with E-state index in [0.29, 0.717) is 0 Å². The van der Waals surface area contributed by atoms with E-state index in [2.05, 4.69) is 15.0 Å². The Morgan fingerprint density at radius 2 is 1.97 bits per heavy atom. The molecule has 0 spiro atoms. The molecule has 1 saturated heterocycles. The van der Waals surface area contributed by atoms with Crippen LogP contribution in [0.25, 0.3) is 11.2 Å². The summed E-state index contributed by atoms with van der Waals surface area (Å²) in [7, 11) is 0. The third-order valence-corrected chi connectivity index (χ3v) is 6.63. The summed E-state index contributed by atoms with van der Waals surface area (Å²) in [5.41, 5.74) is 3.04. The smallest absolute Gasteiger partial charge is 0.348 e. The van der Waals surface area contributed by atoms with Crippen molar-refractivity contribution >= 4 is 57.8 Å². The first kappa shape index (κ1) is 25.6. The van der Waals surface area contributed by atoms with Gasteiger partial charge in [0.1, 0.15) is 22.6 Å². The van der Waals surface area contributed by atoms with Gasteiger partial charge in [-0.2, -0.15) is 9.97 Å². The van der Waals surface area contributed by atoms with Crippen LogP contribution in [0.15, 0.2) is 17.8 Å². The number of thiophene rings is 1. The monoisotopic (exact) mass is 545 g/mol. The molecule has 0 radical (unpaired) electrons. The van der Waals surface area contributed by atoms with Crippen molar-refractivity contribution in [1.82, 2.24) is 19.5 Å². The van der Waals surface area contributed by atoms with Crippen LogP contribution in [-0.2, 0) is 25.5 Å². The number of nitrogens with two attached hydrogens (primary N) is 1. The first-order chi connectivity index (χ1) is 16.9. The maximum Gasteiger partial charge on any atom is 0.348 e. The molecule has 1 aliphatic heterocycles. The summed E-state index contributed by atoms with van der Waals surface area (Å²) in [4.78, 5) is 46.6. The number of anilines is 1. The molecule has 192 valence electrons. The average Bonchev–Trinajstić information content (AvgIpc) is 3.50. The van der Waals surface area contributed by atoms with E-state index in [1.165, 1.54) is 5.38 Å². The minimum Gasteiger partial charge on any atom is -0.479 e. The van der Waals surface area contributed by atoms with Crippen LogP contribution in [0.1, 0.15) is 21.5 Å². The molecule has 4 atom stereocenters. The lowest BCUT2D eigenvalue weighted by molar-refractivity contribution is -0.189. The van der Waals surface area contributed by atoms with Crippen molar-refractivity contribution in [3.8, 4) is 0 Å². The van der Waals surface area contributed by atoms with E-state index in [4.69, 9.17) is 31.9 Å². The Kier molecular flexibility index (Phi) is 6.80. The normalized spacial score (nSPS) is 22.2. The highest BCUT2D eigenvalue weighted by atomic mass is 35.5. The number of nitrogen functional groups attached to an aromatic ring is 1. The van der Waals surface area contributed by atoms with E-state index in [1.54, 1.807) is 0 Å². The molecule has 3 aromatic rings. The predicted octanol–water partition coefficient (Wildman–Crippen LogP) is 0.585. The Bertz CT molecular complexity index is 1340. The summed E-state index contributed by atoms with van der Waals surface area (Å²) in [6, 6.07) is 1.12. The Balaban J connectivity index is 1.56. The fourth-order valence-electron chi connectivity index (χ4n) is 3.67. The van der Waals surface area contributed by atoms with Crippen LogP contribution < -0.4 is 5.73 Å². The summed E-state index contributed by atoms with van der Waals surface area (Å²) < 4.78 is 26.9. The Morgan fingerprint density at radius 3 is 2.58 bits per heavy atom. The van der Waals surface area contributed by atoms with Gasteiger partial charge in [-0.05, 0) is 28.6 Å². The SMILES string of the molecule is Nc1nc(Cl)nc2c1ncn2[C@@H]1O[C@H](COC(Cc2csc(C(=O)O)c2)(C(=O)O)C(=O)O)[C@@H](O)[C@@H]1F. The van der Waals surface area contributed by atoms with Crippen LogP contribution in [0.2, 0.25) is 5.28 Å². The number of halogens is 2. The summed E-state index contributed by atoms with van der Waals surface area (Å²) in [5.74, 6) is -5.13. The molecule has 4 rings (SSSR count). The summed E-state index contributed by atoms with van der Waals surface area (Å²) in [6.07, 6.45) is -6.54. The van der Waals surface area contributed by atoms with E-state index in [1.807, 2.05) is 0 Å². The van der Waals surface area contributed by atoms with Crippen molar-refractivity contribution in [1.29, 1.82) is 0 Å². The number of carboxylic acid groups (broad SMARTS) is 3. The van der Waals surface area contributed by atoms with E-state index in [0.717, 1.165) is 28.3 Å². The van der Waals surface area contributed by atoms with Crippen molar-refractivity contribution in [3.63, 3.8) is 0 Å². The molecular formula is C19H17ClFN5O9S. The number of fused-ring (bicyclic) bond motifs is 1. The second kappa shape index (κ2) is 9.55. The molecule has 1 aliphatic rings. The molecule has 0 unspecified atom stereocenters. The van der Waals surface area contributed by atoms with Gasteiger partial charge >= 0.3 is 17.9 Å². The first-order valence-corrected chi connectivity index (χ1v) is 11.2. The Hall–Kier alpha value is -3.44. The molecule has 0 saturated carbocycles. The zero-order valence-corrected chi connectivity index (χ0v) is 19.4. The Morgan fingerprint density at radius 1 is 1.28 bits per heavy atom. The van der Waals surface area contributed by atoms with E-state index in [-0.39, 0.29) is 32.7 Å². The number of carbonyl (C=O) groups is 3. The second-order valence-corrected chi connectivity index (χ2v) is 9.00. The zero-order chi connectivity index (χ0) is 26.4. The second-order valence-electron chi connectivity index (χ2n) is 7.75. The lowest BCUT2D eigenvalue weighted by Crippen LogP contribution is -2.52. The molecule has 17 heteroatoms. The minimum atomic E-state index is -2.87. The average molecular weight is 546 g/mol. The number of carboxylic acids is 3. The fraction of sp³-hybridized carbons (Fsp3) is 0.368. The number of aromatic carboxylic acids is 1. The number of aliphatic hydroxyl groups excluding tert-OH is 1. The van der Waals surface area contributed by atoms with E-state index >= 15 is 4.39 Å². The number of ether oxygens (including phenoxy) is 2. The molecule has 36 heavy (non-hydrogen) atoms. The molecule has 6 N–H and O–H groups in total. The third-order valence-electron chi connectivity index (χ3n) is 5.49. The van der Waals surface area contributed by atoms with Crippen LogP contribution in [0.4, 0.5) is 10.2 Å². The molecule has 4 heterocycles. The van der Waals surface area contributed by atoms with Gasteiger partial charge in [-0.25, -0.2) is 23.8 Å². The molecular weight excluding hydrogens is 529 g/mol. The maximum atomic E-state index is 15.0. The quantitative estimate of drug-likeness (QED) is 0.184. The van der Waals surface area contributed by atoms with Crippen LogP contribution >= 0.6 is 22.9 Å². The molecule has 0 bridgehead atoms. The highest BCUT2D eigenvalue weighted by Gasteiger charge is 2.52. The lowest BCUT2D eigenvalue weighted by Gasteiger charge is -2.27. The lowest BCUT2D eigenvalue weighted by atomic mass is 9.95. The molecule has 14 nitrogen and oxygen atoms in total. The standard InChI is InChI=1S/C19H17ClFN5O9S/c20-18-24-12(22)10-13(25-18)26(5-23-10)14-9(21)11(27)7(35-14)3-34-19(16(30)31,17(32)33)2-6-1-8(15(28)29)36-4-6/h1,4-5,7,9,11,14,27H,2-3H2,(H,28,29)(H,30,31)(H,32,33)(H2,22,24,25)/t7-,9+,11-,14-/m1/s1. The van der Waals surface area contributed by atoms with Crippen LogP contribution in [0.3, 0.4) is 0 Å². The van der Waals surface area contributed by atoms with Crippen molar-refractivity contribution in [2.24, 2.45) is 0 Å². The number of nitrogens with zero attached hydrogens (tertiary/aromatic N) is 4. The summed E-state index contributed by atoms with van der Waals surface area (Å²) in [5, 5.41) is 39.8. The van der Waals surface area contributed by atoms with Crippen molar-refractivity contribution in [3.05, 3.63) is 33.5 Å². The molecule has 3 aromatic heterocycles. The Labute approximate surface area is 208 Å². The van der Waals surface area contributed by atoms with Gasteiger partial charge in [0.25, 0.3) is 5.60 Å². The number of aliphatic carboxylic acids is 2. The van der Waals surface area contributed by atoms with E-state index < -0.39 is 61.1 Å². The number of rotatable bonds is 9. The number of imidazole rings is 1. The fourth-order valence-corrected chi connectivity index (χ4v) is 4.59. The molecule has 0 aliphatic carbocycles. The molecule has 0 amide bonds. The first-order valence-electron chi connectivity index (χ1n) is 9.99. The topological polar surface area (TPSA) is 220 Å². The highest BCUT2D eigenvalue weighted by molar-refractivity contribution is 7.12. The third kappa shape index (κ3) is 4.44. The highest BCUT2D eigenvalue weighted by Crippen LogP contribution is 2.35. The van der Waals surface area contributed by atoms with Gasteiger partial charge in [0, 0.05) is 6.42 Å². The van der Waals surface area contributed by atoms with Gasteiger partial charge in [-0.3, -0.25) is 4.57 Å². The number of hydrogen-bond acceptors (Lipinski definition) is 11. The van der Waals surface area contributed by atoms with Gasteiger partial charge in [-0.15, -0.1) is 11.3 Å². The summed E-state index contributed by atoms with van der Waals surface area (Å²) >= 11 is 6.58. The van der Waals surface area contributed by atoms with Gasteiger partial charge in [0.05, 0.1) is 12.9 Å². The predicted molar refractivity (Wildman–Crippen MR) is 118 cm³/mol. The largest absolute Gasteiger partial charge is 0.479 e. The van der Waals surface area contributed by atoms with Gasteiger partial charge in [0.15, 0.2) is 23.9 Å². The van der Waals surface area contributed by atoms with Crippen LogP contribution in [0, 0.1) is 0 Å². The molecule has 1 fully saturated rings. The minimum absolute atomic E-state index is 0.00558.